The van der Waals surface area contributed by atoms with Crippen molar-refractivity contribution in [3.8, 4) is 0 Å². The Morgan fingerprint density at radius 1 is 1.50 bits per heavy atom. The maximum Gasteiger partial charge on any atom is 0.405 e. The Morgan fingerprint density at radius 3 is 2.89 bits per heavy atom. The fraction of sp³-hybridized carbons (Fsp3) is 0.750. The van der Waals surface area contributed by atoms with E-state index in [0.29, 0.717) is 0 Å². The van der Waals surface area contributed by atoms with Crippen LogP contribution in [0, 0.1) is 5.41 Å². The molecule has 2 N–H and O–H groups in total. The Labute approximate surface area is 107 Å². The molecule has 0 saturated heterocycles. The van der Waals surface area contributed by atoms with Crippen LogP contribution in [0.25, 0.3) is 0 Å². The van der Waals surface area contributed by atoms with Crippen molar-refractivity contribution in [3.63, 3.8) is 0 Å². The number of nitrogens with two attached hydrogens (primary N) is 1. The second-order valence-corrected chi connectivity index (χ2v) is 5.47. The third-order valence-corrected chi connectivity index (χ3v) is 4.34. The number of carbonyl (C=O) groups excluding carboxylic acids is 1. The lowest BCUT2D eigenvalue weighted by atomic mass is 9.74. The molecule has 1 aliphatic rings. The van der Waals surface area contributed by atoms with E-state index in [2.05, 4.69) is 17.0 Å². The number of amides is 1. The van der Waals surface area contributed by atoms with Gasteiger partial charge >= 0.3 is 6.09 Å². The fourth-order valence-electron chi connectivity index (χ4n) is 2.88. The first-order valence-corrected chi connectivity index (χ1v) is 6.26. The zero-order chi connectivity index (χ0) is 13.2. The SMILES string of the molecule is CC1(CCn2cncn2)CCCC1(C)OC(N)=O. The quantitative estimate of drug-likeness (QED) is 0.884. The van der Waals surface area contributed by atoms with Crippen LogP contribution in [0.15, 0.2) is 12.7 Å². The lowest BCUT2D eigenvalue weighted by Gasteiger charge is -2.40. The van der Waals surface area contributed by atoms with Gasteiger partial charge in [-0.2, -0.15) is 5.10 Å². The molecule has 1 aromatic rings. The lowest BCUT2D eigenvalue weighted by molar-refractivity contribution is -0.0511. The Hall–Kier alpha value is -1.59. The first-order valence-electron chi connectivity index (χ1n) is 6.26. The third kappa shape index (κ3) is 2.32. The maximum atomic E-state index is 11.1. The summed E-state index contributed by atoms with van der Waals surface area (Å²) in [6.07, 6.45) is 6.37. The van der Waals surface area contributed by atoms with Crippen LogP contribution in [-0.4, -0.2) is 26.5 Å². The van der Waals surface area contributed by atoms with Gasteiger partial charge in [0.2, 0.25) is 0 Å². The van der Waals surface area contributed by atoms with Gasteiger partial charge in [-0.15, -0.1) is 0 Å². The number of carbonyl (C=O) groups is 1. The molecule has 6 nitrogen and oxygen atoms in total. The molecule has 100 valence electrons. The summed E-state index contributed by atoms with van der Waals surface area (Å²) < 4.78 is 7.18. The molecule has 0 radical (unpaired) electrons. The van der Waals surface area contributed by atoms with Crippen LogP contribution in [0.3, 0.4) is 0 Å². The van der Waals surface area contributed by atoms with Crippen molar-refractivity contribution in [2.24, 2.45) is 11.1 Å². The van der Waals surface area contributed by atoms with Gasteiger partial charge in [0.05, 0.1) is 0 Å². The number of aromatic nitrogens is 3. The van der Waals surface area contributed by atoms with Crippen molar-refractivity contribution in [1.29, 1.82) is 0 Å². The van der Waals surface area contributed by atoms with Gasteiger partial charge in [0.25, 0.3) is 0 Å². The summed E-state index contributed by atoms with van der Waals surface area (Å²) >= 11 is 0. The zero-order valence-corrected chi connectivity index (χ0v) is 10.9. The predicted octanol–water partition coefficient (Wildman–Crippen LogP) is 1.71. The maximum absolute atomic E-state index is 11.1. The van der Waals surface area contributed by atoms with Crippen LogP contribution in [0.4, 0.5) is 4.79 Å². The summed E-state index contributed by atoms with van der Waals surface area (Å²) in [4.78, 5) is 15.0. The number of hydrogen-bond donors (Lipinski definition) is 1. The minimum atomic E-state index is -0.689. The summed E-state index contributed by atoms with van der Waals surface area (Å²) in [7, 11) is 0. The van der Waals surface area contributed by atoms with Gasteiger partial charge < -0.3 is 10.5 Å². The van der Waals surface area contributed by atoms with E-state index in [-0.39, 0.29) is 5.41 Å². The highest BCUT2D eigenvalue weighted by atomic mass is 16.6. The van der Waals surface area contributed by atoms with Gasteiger partial charge in [0.1, 0.15) is 18.3 Å². The highest BCUT2D eigenvalue weighted by Crippen LogP contribution is 2.50. The molecule has 1 fully saturated rings. The normalized spacial score (nSPS) is 31.4. The summed E-state index contributed by atoms with van der Waals surface area (Å²) in [5.41, 5.74) is 4.65. The molecule has 6 heteroatoms. The van der Waals surface area contributed by atoms with Crippen molar-refractivity contribution in [1.82, 2.24) is 14.8 Å². The molecule has 0 aliphatic heterocycles. The van der Waals surface area contributed by atoms with Crippen LogP contribution in [0.2, 0.25) is 0 Å². The summed E-state index contributed by atoms with van der Waals surface area (Å²) in [6.45, 7) is 4.90. The molecule has 18 heavy (non-hydrogen) atoms. The van der Waals surface area contributed by atoms with Crippen LogP contribution in [-0.2, 0) is 11.3 Å². The Kier molecular flexibility index (Phi) is 3.28. The molecule has 0 bridgehead atoms. The molecule has 1 saturated carbocycles. The van der Waals surface area contributed by atoms with E-state index in [1.54, 1.807) is 11.0 Å². The molecule has 1 amide bonds. The van der Waals surface area contributed by atoms with Gasteiger partial charge in [-0.1, -0.05) is 6.92 Å². The number of ether oxygens (including phenoxy) is 1. The van der Waals surface area contributed by atoms with Gasteiger partial charge in [0.15, 0.2) is 0 Å². The standard InChI is InChI=1S/C12H20N4O2/c1-11(6-7-16-9-14-8-15-16)4-3-5-12(11,2)18-10(13)17/h8-9H,3-7H2,1-2H3,(H2,13,17). The van der Waals surface area contributed by atoms with E-state index in [9.17, 15) is 4.79 Å². The fourth-order valence-corrected chi connectivity index (χ4v) is 2.88. The van der Waals surface area contributed by atoms with E-state index >= 15 is 0 Å². The second-order valence-electron chi connectivity index (χ2n) is 5.47. The first kappa shape index (κ1) is 12.9. The van der Waals surface area contributed by atoms with Crippen LogP contribution in [0.5, 0.6) is 0 Å². The van der Waals surface area contributed by atoms with Gasteiger partial charge in [-0.05, 0) is 32.6 Å². The average molecular weight is 252 g/mol. The molecule has 2 atom stereocenters. The molecule has 2 rings (SSSR count). The zero-order valence-electron chi connectivity index (χ0n) is 10.9. The van der Waals surface area contributed by atoms with Crippen LogP contribution >= 0.6 is 0 Å². The third-order valence-electron chi connectivity index (χ3n) is 4.34. The summed E-state index contributed by atoms with van der Waals surface area (Å²) in [5, 5.41) is 4.09. The topological polar surface area (TPSA) is 83.0 Å². The van der Waals surface area contributed by atoms with Crippen molar-refractivity contribution >= 4 is 6.09 Å². The Balaban J connectivity index is 2.05. The molecule has 1 aliphatic carbocycles. The summed E-state index contributed by atoms with van der Waals surface area (Å²) in [6, 6.07) is 0. The number of aryl methyl sites for hydroxylation is 1. The average Bonchev–Trinajstić information content (AvgIpc) is 2.85. The minimum Gasteiger partial charge on any atom is -0.443 e. The van der Waals surface area contributed by atoms with Crippen molar-refractivity contribution in [2.45, 2.75) is 51.7 Å². The van der Waals surface area contributed by atoms with E-state index in [1.807, 2.05) is 6.92 Å². The number of nitrogens with zero attached hydrogens (tertiary/aromatic N) is 3. The van der Waals surface area contributed by atoms with Crippen LogP contribution < -0.4 is 5.73 Å². The minimum absolute atomic E-state index is 0.0615. The van der Waals surface area contributed by atoms with Crippen LogP contribution in [0.1, 0.15) is 39.5 Å². The number of hydrogen-bond acceptors (Lipinski definition) is 4. The summed E-state index contributed by atoms with van der Waals surface area (Å²) in [5.74, 6) is 0. The molecule has 2 unspecified atom stereocenters. The van der Waals surface area contributed by atoms with Gasteiger partial charge in [-0.25, -0.2) is 9.78 Å². The van der Waals surface area contributed by atoms with Gasteiger partial charge in [0, 0.05) is 12.0 Å². The number of rotatable bonds is 4. The highest BCUT2D eigenvalue weighted by Gasteiger charge is 2.50. The smallest absolute Gasteiger partial charge is 0.405 e. The molecule has 1 aromatic heterocycles. The highest BCUT2D eigenvalue weighted by molar-refractivity contribution is 5.65. The van der Waals surface area contributed by atoms with Crippen molar-refractivity contribution in [3.05, 3.63) is 12.7 Å². The van der Waals surface area contributed by atoms with Crippen molar-refractivity contribution < 1.29 is 9.53 Å². The largest absolute Gasteiger partial charge is 0.443 e. The second kappa shape index (κ2) is 4.59. The monoisotopic (exact) mass is 252 g/mol. The molecule has 1 heterocycles. The van der Waals surface area contributed by atoms with E-state index in [0.717, 1.165) is 32.2 Å². The molecule has 0 spiro atoms. The Morgan fingerprint density at radius 2 is 2.28 bits per heavy atom. The molecule has 0 aromatic carbocycles. The number of primary amides is 1. The van der Waals surface area contributed by atoms with E-state index in [1.165, 1.54) is 6.33 Å². The molecular formula is C12H20N4O2. The lowest BCUT2D eigenvalue weighted by Crippen LogP contribution is -2.45. The Bertz CT molecular complexity index is 420. The first-order chi connectivity index (χ1) is 8.45. The van der Waals surface area contributed by atoms with E-state index < -0.39 is 11.7 Å². The van der Waals surface area contributed by atoms with Crippen molar-refractivity contribution in [2.75, 3.05) is 0 Å². The molecular weight excluding hydrogens is 232 g/mol. The van der Waals surface area contributed by atoms with Gasteiger partial charge in [-0.3, -0.25) is 4.68 Å². The predicted molar refractivity (Wildman–Crippen MR) is 65.7 cm³/mol. The van der Waals surface area contributed by atoms with E-state index in [4.69, 9.17) is 10.5 Å².